The van der Waals surface area contributed by atoms with Crippen molar-refractivity contribution < 1.29 is 24.5 Å². The Bertz CT molecular complexity index is 1300. The van der Waals surface area contributed by atoms with Crippen LogP contribution in [0.25, 0.3) is 0 Å². The molecule has 0 aliphatic rings. The van der Waals surface area contributed by atoms with Crippen molar-refractivity contribution in [1.29, 1.82) is 0 Å². The van der Waals surface area contributed by atoms with Crippen LogP contribution in [-0.2, 0) is 14.3 Å². The van der Waals surface area contributed by atoms with Crippen molar-refractivity contribution >= 4 is 11.9 Å². The molecule has 80 heavy (non-hydrogen) atoms. The van der Waals surface area contributed by atoms with Gasteiger partial charge in [-0.2, -0.15) is 0 Å². The van der Waals surface area contributed by atoms with Crippen molar-refractivity contribution in [2.24, 2.45) is 0 Å². The molecular formula is C74H141NO5. The molecule has 0 fully saturated rings. The maximum Gasteiger partial charge on any atom is 0.305 e. The third-order valence-electron chi connectivity index (χ3n) is 16.9. The molecule has 2 unspecified atom stereocenters. The van der Waals surface area contributed by atoms with Gasteiger partial charge in [0.25, 0.3) is 0 Å². The molecule has 0 aromatic carbocycles. The van der Waals surface area contributed by atoms with Gasteiger partial charge in [-0.25, -0.2) is 0 Å². The minimum absolute atomic E-state index is 0.00475. The fourth-order valence-corrected chi connectivity index (χ4v) is 11.4. The lowest BCUT2D eigenvalue weighted by molar-refractivity contribution is -0.143. The Hall–Kier alpha value is -1.92. The molecule has 0 saturated carbocycles. The summed E-state index contributed by atoms with van der Waals surface area (Å²) in [5, 5.41) is 23.3. The summed E-state index contributed by atoms with van der Waals surface area (Å²) < 4.78 is 5.48. The molecule has 6 nitrogen and oxygen atoms in total. The molecule has 0 saturated heterocycles. The first-order valence-electron chi connectivity index (χ1n) is 36.3. The second-order valence-corrected chi connectivity index (χ2v) is 24.9. The predicted molar refractivity (Wildman–Crippen MR) is 352 cm³/mol. The van der Waals surface area contributed by atoms with Crippen LogP contribution in [0.5, 0.6) is 0 Å². The van der Waals surface area contributed by atoms with E-state index in [4.69, 9.17) is 4.74 Å². The molecule has 0 bridgehead atoms. The molecule has 0 heterocycles. The number of aliphatic hydroxyl groups excluding tert-OH is 2. The van der Waals surface area contributed by atoms with E-state index in [-0.39, 0.29) is 18.5 Å². The number of rotatable bonds is 68. The summed E-state index contributed by atoms with van der Waals surface area (Å²) in [7, 11) is 0. The third kappa shape index (κ3) is 65.2. The number of aliphatic hydroxyl groups is 2. The monoisotopic (exact) mass is 1120 g/mol. The Kier molecular flexibility index (Phi) is 67.9. The average Bonchev–Trinajstić information content (AvgIpc) is 3.46. The lowest BCUT2D eigenvalue weighted by Crippen LogP contribution is -2.45. The quantitative estimate of drug-likeness (QED) is 0.0320. The highest BCUT2D eigenvalue weighted by Gasteiger charge is 2.18. The standard InChI is InChI=1S/C74H141NO5/c1-3-5-7-9-11-13-15-17-18-19-20-33-36-39-43-46-50-54-58-62-66-72(77)71(70-76)75-73(78)67-63-59-55-51-47-44-40-37-34-31-29-27-25-23-21-22-24-26-28-30-32-35-38-41-45-49-53-57-61-65-69-80-74(79)68-64-60-56-52-48-42-16-14-12-10-8-6-4-2/h8,10,14,16,62,66,71-72,76-77H,3-7,9,11-13,15,17-61,63-65,67-70H2,1-2H3,(H,75,78)/b10-8-,16-14-,66-62+. The zero-order valence-electron chi connectivity index (χ0n) is 54.1. The SMILES string of the molecule is CCC/C=C\C/C=C\CCCCCCCC(=O)OCCCCCCCCCCCCCCCCCCCCCCCCCCCCCCCCC(=O)NC(CO)C(O)/C=C/CCCCCCCCCCCCCCCCCCCC. The zero-order valence-corrected chi connectivity index (χ0v) is 54.1. The highest BCUT2D eigenvalue weighted by molar-refractivity contribution is 5.76. The summed E-state index contributed by atoms with van der Waals surface area (Å²) in [5.74, 6) is -0.0556. The van der Waals surface area contributed by atoms with Crippen LogP contribution in [0.2, 0.25) is 0 Å². The van der Waals surface area contributed by atoms with E-state index in [1.807, 2.05) is 6.08 Å². The molecule has 0 spiro atoms. The molecule has 0 aromatic rings. The molecule has 0 rings (SSSR count). The normalized spacial score (nSPS) is 12.7. The minimum atomic E-state index is -0.843. The van der Waals surface area contributed by atoms with E-state index in [2.05, 4.69) is 43.5 Å². The van der Waals surface area contributed by atoms with Crippen LogP contribution in [0.1, 0.15) is 399 Å². The van der Waals surface area contributed by atoms with E-state index < -0.39 is 12.1 Å². The summed E-state index contributed by atoms with van der Waals surface area (Å²) in [6.45, 7) is 4.87. The van der Waals surface area contributed by atoms with Gasteiger partial charge < -0.3 is 20.3 Å². The number of allylic oxidation sites excluding steroid dienone is 5. The first-order chi connectivity index (χ1) is 39.5. The number of amides is 1. The van der Waals surface area contributed by atoms with Crippen LogP contribution in [0.3, 0.4) is 0 Å². The van der Waals surface area contributed by atoms with Gasteiger partial charge >= 0.3 is 5.97 Å². The maximum atomic E-state index is 12.5. The molecule has 3 N–H and O–H groups in total. The van der Waals surface area contributed by atoms with Gasteiger partial charge in [-0.1, -0.05) is 365 Å². The van der Waals surface area contributed by atoms with Crippen molar-refractivity contribution in [1.82, 2.24) is 5.32 Å². The Morgan fingerprint density at radius 2 is 0.650 bits per heavy atom. The molecule has 0 radical (unpaired) electrons. The number of esters is 1. The van der Waals surface area contributed by atoms with Crippen molar-refractivity contribution in [2.75, 3.05) is 13.2 Å². The lowest BCUT2D eigenvalue weighted by atomic mass is 10.0. The Balaban J connectivity index is 3.36. The van der Waals surface area contributed by atoms with E-state index in [9.17, 15) is 19.8 Å². The minimum Gasteiger partial charge on any atom is -0.466 e. The Morgan fingerprint density at radius 1 is 0.350 bits per heavy atom. The molecule has 0 aliphatic carbocycles. The van der Waals surface area contributed by atoms with E-state index in [0.29, 0.717) is 19.4 Å². The largest absolute Gasteiger partial charge is 0.466 e. The van der Waals surface area contributed by atoms with Gasteiger partial charge in [0.05, 0.1) is 25.4 Å². The Labute approximate surface area is 500 Å². The van der Waals surface area contributed by atoms with Crippen molar-refractivity contribution in [3.8, 4) is 0 Å². The second-order valence-electron chi connectivity index (χ2n) is 24.9. The number of hydrogen-bond donors (Lipinski definition) is 3. The van der Waals surface area contributed by atoms with Crippen LogP contribution in [0, 0.1) is 0 Å². The zero-order chi connectivity index (χ0) is 57.8. The topological polar surface area (TPSA) is 95.9 Å². The molecule has 2 atom stereocenters. The summed E-state index contributed by atoms with van der Waals surface area (Å²) in [6.07, 6.45) is 89.5. The van der Waals surface area contributed by atoms with Gasteiger partial charge in [-0.05, 0) is 57.8 Å². The van der Waals surface area contributed by atoms with Crippen molar-refractivity contribution in [3.05, 3.63) is 36.5 Å². The Morgan fingerprint density at radius 3 is 1.00 bits per heavy atom. The summed E-state index contributed by atoms with van der Waals surface area (Å²) >= 11 is 0. The highest BCUT2D eigenvalue weighted by atomic mass is 16.5. The van der Waals surface area contributed by atoms with Gasteiger partial charge in [0, 0.05) is 12.8 Å². The van der Waals surface area contributed by atoms with Gasteiger partial charge in [-0.15, -0.1) is 0 Å². The fourth-order valence-electron chi connectivity index (χ4n) is 11.4. The first-order valence-corrected chi connectivity index (χ1v) is 36.3. The van der Waals surface area contributed by atoms with Crippen molar-refractivity contribution in [3.63, 3.8) is 0 Å². The number of nitrogens with one attached hydrogen (secondary N) is 1. The first kappa shape index (κ1) is 78.1. The molecule has 472 valence electrons. The molecule has 0 aliphatic heterocycles. The fraction of sp³-hybridized carbons (Fsp3) is 0.892. The van der Waals surface area contributed by atoms with Gasteiger partial charge in [-0.3, -0.25) is 9.59 Å². The molecule has 0 aromatic heterocycles. The molecular weight excluding hydrogens is 983 g/mol. The van der Waals surface area contributed by atoms with E-state index in [1.165, 1.54) is 321 Å². The average molecular weight is 1120 g/mol. The van der Waals surface area contributed by atoms with E-state index in [0.717, 1.165) is 51.4 Å². The van der Waals surface area contributed by atoms with Gasteiger partial charge in [0.1, 0.15) is 0 Å². The lowest BCUT2D eigenvalue weighted by Gasteiger charge is -2.20. The van der Waals surface area contributed by atoms with Crippen molar-refractivity contribution in [2.45, 2.75) is 411 Å². The third-order valence-corrected chi connectivity index (χ3v) is 16.9. The van der Waals surface area contributed by atoms with Crippen LogP contribution in [0.15, 0.2) is 36.5 Å². The second kappa shape index (κ2) is 69.6. The van der Waals surface area contributed by atoms with Crippen LogP contribution in [0.4, 0.5) is 0 Å². The smallest absolute Gasteiger partial charge is 0.305 e. The van der Waals surface area contributed by atoms with Crippen LogP contribution >= 0.6 is 0 Å². The molecule has 1 amide bonds. The van der Waals surface area contributed by atoms with E-state index in [1.54, 1.807) is 6.08 Å². The van der Waals surface area contributed by atoms with Crippen LogP contribution < -0.4 is 5.32 Å². The summed E-state index contributed by atoms with van der Waals surface area (Å²) in [5.41, 5.74) is 0. The predicted octanol–water partition coefficient (Wildman–Crippen LogP) is 23.5. The van der Waals surface area contributed by atoms with E-state index >= 15 is 0 Å². The number of unbranched alkanes of at least 4 members (excludes halogenated alkanes) is 53. The summed E-state index contributed by atoms with van der Waals surface area (Å²) in [4.78, 5) is 24.6. The molecule has 6 heteroatoms. The van der Waals surface area contributed by atoms with Crippen LogP contribution in [-0.4, -0.2) is 47.4 Å². The summed E-state index contributed by atoms with van der Waals surface area (Å²) in [6, 6.07) is -0.626. The number of carbonyl (C=O) groups excluding carboxylic acids is 2. The van der Waals surface area contributed by atoms with Gasteiger partial charge in [0.2, 0.25) is 5.91 Å². The number of carbonyl (C=O) groups is 2. The van der Waals surface area contributed by atoms with Gasteiger partial charge in [0.15, 0.2) is 0 Å². The number of ether oxygens (including phenoxy) is 1. The highest BCUT2D eigenvalue weighted by Crippen LogP contribution is 2.19. The number of hydrogen-bond acceptors (Lipinski definition) is 5. The maximum absolute atomic E-state index is 12.5.